The van der Waals surface area contributed by atoms with Crippen molar-refractivity contribution in [1.29, 1.82) is 0 Å². The van der Waals surface area contributed by atoms with E-state index in [0.717, 1.165) is 6.26 Å². The first-order valence-electron chi connectivity index (χ1n) is 2.89. The van der Waals surface area contributed by atoms with Crippen molar-refractivity contribution < 1.29 is 23.4 Å². The molecule has 0 heterocycles. The van der Waals surface area contributed by atoms with Gasteiger partial charge in [-0.05, 0) is 0 Å². The third kappa shape index (κ3) is 7.27. The number of sulfone groups is 1. The second-order valence-corrected chi connectivity index (χ2v) is 4.53. The van der Waals surface area contributed by atoms with Gasteiger partial charge in [-0.15, -0.1) is 0 Å². The molecule has 0 aliphatic rings. The van der Waals surface area contributed by atoms with E-state index >= 15 is 0 Å². The van der Waals surface area contributed by atoms with Gasteiger partial charge in [0.1, 0.15) is 9.84 Å². The van der Waals surface area contributed by atoms with Crippen LogP contribution in [0.3, 0.4) is 0 Å². The van der Waals surface area contributed by atoms with Gasteiger partial charge in [-0.1, -0.05) is 0 Å². The highest BCUT2D eigenvalue weighted by Gasteiger charge is 2.14. The van der Waals surface area contributed by atoms with Crippen LogP contribution in [0.25, 0.3) is 0 Å². The van der Waals surface area contributed by atoms with Crippen LogP contribution in [0.15, 0.2) is 0 Å². The molecule has 0 aliphatic heterocycles. The molecule has 0 amide bonds. The quantitative estimate of drug-likeness (QED) is 0.573. The van der Waals surface area contributed by atoms with E-state index in [9.17, 15) is 13.2 Å². The molecule has 11 heavy (non-hydrogen) atoms. The van der Waals surface area contributed by atoms with Gasteiger partial charge in [0.25, 0.3) is 0 Å². The van der Waals surface area contributed by atoms with Crippen LogP contribution in [-0.4, -0.2) is 42.7 Å². The molecule has 0 aromatic heterocycles. The summed E-state index contributed by atoms with van der Waals surface area (Å²) in [6.07, 6.45) is -0.895. The molecule has 5 nitrogen and oxygen atoms in total. The third-order valence-electron chi connectivity index (χ3n) is 0.905. The first-order valence-corrected chi connectivity index (χ1v) is 4.95. The molecule has 0 spiro atoms. The number of rotatable bonds is 4. The molecule has 66 valence electrons. The Morgan fingerprint density at radius 1 is 1.55 bits per heavy atom. The number of aliphatic carboxylic acids is 1. The van der Waals surface area contributed by atoms with E-state index in [4.69, 9.17) is 10.2 Å². The highest BCUT2D eigenvalue weighted by atomic mass is 32.2. The van der Waals surface area contributed by atoms with Crippen LogP contribution in [0.5, 0.6) is 0 Å². The number of hydrogen-bond donors (Lipinski definition) is 2. The van der Waals surface area contributed by atoms with E-state index in [0.29, 0.717) is 0 Å². The van der Waals surface area contributed by atoms with Gasteiger partial charge in [-0.25, -0.2) is 8.42 Å². The highest BCUT2D eigenvalue weighted by molar-refractivity contribution is 7.90. The first kappa shape index (κ1) is 10.4. The molecular formula is C5H10O5S. The van der Waals surface area contributed by atoms with Crippen molar-refractivity contribution in [2.24, 2.45) is 0 Å². The maximum atomic E-state index is 10.5. The number of aliphatic hydroxyl groups is 1. The summed E-state index contributed by atoms with van der Waals surface area (Å²) in [5.74, 6) is -1.71. The SMILES string of the molecule is CS(=O)(=O)C[C@H](O)CC(=O)O. The van der Waals surface area contributed by atoms with Gasteiger partial charge in [0.2, 0.25) is 0 Å². The van der Waals surface area contributed by atoms with Gasteiger partial charge in [0.15, 0.2) is 0 Å². The van der Waals surface area contributed by atoms with Crippen molar-refractivity contribution >= 4 is 15.8 Å². The molecule has 0 aromatic carbocycles. The zero-order valence-electron chi connectivity index (χ0n) is 6.02. The molecule has 0 fully saturated rings. The van der Waals surface area contributed by atoms with Crippen molar-refractivity contribution in [3.8, 4) is 0 Å². The first-order chi connectivity index (χ1) is 4.81. The van der Waals surface area contributed by atoms with Crippen LogP contribution >= 0.6 is 0 Å². The van der Waals surface area contributed by atoms with Crippen LogP contribution < -0.4 is 0 Å². The second kappa shape index (κ2) is 3.68. The summed E-state index contributed by atoms with van der Waals surface area (Å²) in [6.45, 7) is 0. The Morgan fingerprint density at radius 3 is 2.27 bits per heavy atom. The van der Waals surface area contributed by atoms with Crippen molar-refractivity contribution in [3.05, 3.63) is 0 Å². The Labute approximate surface area is 64.6 Å². The summed E-state index contributed by atoms with van der Waals surface area (Å²) in [4.78, 5) is 9.94. The lowest BCUT2D eigenvalue weighted by Gasteiger charge is -2.04. The van der Waals surface area contributed by atoms with E-state index in [1.165, 1.54) is 0 Å². The second-order valence-electron chi connectivity index (χ2n) is 2.34. The molecule has 0 radical (unpaired) electrons. The van der Waals surface area contributed by atoms with E-state index in [1.807, 2.05) is 0 Å². The van der Waals surface area contributed by atoms with Crippen LogP contribution in [0, 0.1) is 0 Å². The third-order valence-corrected chi connectivity index (χ3v) is 1.90. The Bertz CT molecular complexity index is 229. The van der Waals surface area contributed by atoms with Gasteiger partial charge in [0.05, 0.1) is 18.3 Å². The summed E-state index contributed by atoms with van der Waals surface area (Å²) in [6, 6.07) is 0. The van der Waals surface area contributed by atoms with Crippen LogP contribution in [-0.2, 0) is 14.6 Å². The maximum absolute atomic E-state index is 10.5. The van der Waals surface area contributed by atoms with Crippen molar-refractivity contribution in [2.45, 2.75) is 12.5 Å². The fraction of sp³-hybridized carbons (Fsp3) is 0.800. The minimum absolute atomic E-state index is 0.501. The molecule has 0 unspecified atom stereocenters. The average Bonchev–Trinajstić information content (AvgIpc) is 1.53. The summed E-state index contributed by atoms with van der Waals surface area (Å²) >= 11 is 0. The predicted octanol–water partition coefficient (Wildman–Crippen LogP) is -1.13. The number of carboxylic acid groups (broad SMARTS) is 1. The lowest BCUT2D eigenvalue weighted by atomic mass is 10.3. The van der Waals surface area contributed by atoms with Crippen LogP contribution in [0.1, 0.15) is 6.42 Å². The molecule has 0 aliphatic carbocycles. The lowest BCUT2D eigenvalue weighted by molar-refractivity contribution is -0.138. The summed E-state index contributed by atoms with van der Waals surface area (Å²) in [5.41, 5.74) is 0. The van der Waals surface area contributed by atoms with Crippen molar-refractivity contribution in [3.63, 3.8) is 0 Å². The molecule has 0 rings (SSSR count). The van der Waals surface area contributed by atoms with Gasteiger partial charge in [0, 0.05) is 6.26 Å². The Hall–Kier alpha value is -0.620. The highest BCUT2D eigenvalue weighted by Crippen LogP contribution is 1.95. The monoisotopic (exact) mass is 182 g/mol. The number of carboxylic acids is 1. The predicted molar refractivity (Wildman–Crippen MR) is 38.0 cm³/mol. The molecule has 0 saturated heterocycles. The fourth-order valence-electron chi connectivity index (χ4n) is 0.610. The molecule has 2 N–H and O–H groups in total. The van der Waals surface area contributed by atoms with Gasteiger partial charge in [-0.3, -0.25) is 4.79 Å². The van der Waals surface area contributed by atoms with Crippen molar-refractivity contribution in [2.75, 3.05) is 12.0 Å². The molecule has 1 atom stereocenters. The Balaban J connectivity index is 3.89. The summed E-state index contributed by atoms with van der Waals surface area (Å²) < 4.78 is 20.9. The van der Waals surface area contributed by atoms with Gasteiger partial charge < -0.3 is 10.2 Å². The molecule has 0 saturated carbocycles. The van der Waals surface area contributed by atoms with E-state index < -0.39 is 34.1 Å². The Morgan fingerprint density at radius 2 is 2.00 bits per heavy atom. The van der Waals surface area contributed by atoms with E-state index in [1.54, 1.807) is 0 Å². The van der Waals surface area contributed by atoms with Gasteiger partial charge >= 0.3 is 5.97 Å². The number of carbonyl (C=O) groups is 1. The summed E-state index contributed by atoms with van der Waals surface area (Å²) in [7, 11) is -3.28. The lowest BCUT2D eigenvalue weighted by Crippen LogP contribution is -2.22. The largest absolute Gasteiger partial charge is 0.481 e. The zero-order valence-corrected chi connectivity index (χ0v) is 6.84. The van der Waals surface area contributed by atoms with Crippen molar-refractivity contribution in [1.82, 2.24) is 0 Å². The minimum atomic E-state index is -3.28. The molecule has 0 bridgehead atoms. The molecular weight excluding hydrogens is 172 g/mol. The fourth-order valence-corrected chi connectivity index (χ4v) is 1.43. The number of aliphatic hydroxyl groups excluding tert-OH is 1. The summed E-state index contributed by atoms with van der Waals surface area (Å²) in [5, 5.41) is 16.9. The minimum Gasteiger partial charge on any atom is -0.481 e. The Kier molecular flexibility index (Phi) is 3.47. The van der Waals surface area contributed by atoms with Gasteiger partial charge in [-0.2, -0.15) is 0 Å². The zero-order chi connectivity index (χ0) is 9.07. The number of hydrogen-bond acceptors (Lipinski definition) is 4. The maximum Gasteiger partial charge on any atom is 0.306 e. The smallest absolute Gasteiger partial charge is 0.306 e. The van der Waals surface area contributed by atoms with Crippen LogP contribution in [0.4, 0.5) is 0 Å². The van der Waals surface area contributed by atoms with E-state index in [2.05, 4.69) is 0 Å². The molecule has 6 heteroatoms. The van der Waals surface area contributed by atoms with Crippen LogP contribution in [0.2, 0.25) is 0 Å². The van der Waals surface area contributed by atoms with E-state index in [-0.39, 0.29) is 0 Å². The normalized spacial score (nSPS) is 14.4. The average molecular weight is 182 g/mol. The topological polar surface area (TPSA) is 91.7 Å². The standard InChI is InChI=1S/C5H10O5S/c1-11(9,10)3-4(6)2-5(7)8/h4,6H,2-3H2,1H3,(H,7,8)/t4-/m1/s1. The molecule has 0 aromatic rings.